The van der Waals surface area contributed by atoms with Crippen molar-refractivity contribution in [3.63, 3.8) is 0 Å². The van der Waals surface area contributed by atoms with Crippen LogP contribution in [0.3, 0.4) is 0 Å². The van der Waals surface area contributed by atoms with Gasteiger partial charge in [-0.05, 0) is 68.8 Å². The van der Waals surface area contributed by atoms with E-state index < -0.39 is 0 Å². The van der Waals surface area contributed by atoms with Crippen LogP contribution in [0.25, 0.3) is 21.8 Å². The smallest absolute Gasteiger partial charge is 0.261 e. The Bertz CT molecular complexity index is 1220. The SMILES string of the molecule is COc1ccc2c(c1)c1c(cnn1CC(=O)NC(C1CCCCC1)C1CCCNC1)c(=O)n2C. The van der Waals surface area contributed by atoms with Crippen molar-refractivity contribution >= 4 is 27.7 Å². The van der Waals surface area contributed by atoms with E-state index in [-0.39, 0.29) is 24.1 Å². The van der Waals surface area contributed by atoms with E-state index >= 15 is 0 Å². The Balaban J connectivity index is 1.46. The molecular formula is C26H35N5O3. The Hall–Kier alpha value is -2.87. The molecule has 2 aliphatic rings. The number of nitrogens with one attached hydrogen (secondary N) is 2. The van der Waals surface area contributed by atoms with E-state index in [4.69, 9.17) is 4.74 Å². The van der Waals surface area contributed by atoms with Crippen molar-refractivity contribution in [1.82, 2.24) is 25.0 Å². The van der Waals surface area contributed by atoms with Gasteiger partial charge in [-0.1, -0.05) is 19.3 Å². The van der Waals surface area contributed by atoms with E-state index in [9.17, 15) is 9.59 Å². The second-order valence-corrected chi connectivity index (χ2v) is 9.91. The topological polar surface area (TPSA) is 90.2 Å². The van der Waals surface area contributed by atoms with E-state index in [0.29, 0.717) is 28.5 Å². The van der Waals surface area contributed by atoms with Crippen LogP contribution in [0.2, 0.25) is 0 Å². The van der Waals surface area contributed by atoms with Gasteiger partial charge in [-0.3, -0.25) is 14.3 Å². The number of aromatic nitrogens is 3. The zero-order chi connectivity index (χ0) is 23.7. The molecule has 2 atom stereocenters. The van der Waals surface area contributed by atoms with E-state index in [2.05, 4.69) is 15.7 Å². The van der Waals surface area contributed by atoms with Gasteiger partial charge in [0.2, 0.25) is 5.91 Å². The minimum Gasteiger partial charge on any atom is -0.497 e. The molecule has 5 rings (SSSR count). The van der Waals surface area contributed by atoms with Crippen molar-refractivity contribution in [2.45, 2.75) is 57.5 Å². The Labute approximate surface area is 199 Å². The maximum atomic E-state index is 13.4. The standard InChI is InChI=1S/C26H35N5O3/c1-30-22-11-10-19(34-2)13-20(22)25-21(26(30)33)15-28-31(25)16-23(32)29-24(17-7-4-3-5-8-17)18-9-6-12-27-14-18/h10-11,13,15,17-18,24,27H,3-9,12,14,16H2,1-2H3,(H,29,32). The summed E-state index contributed by atoms with van der Waals surface area (Å²) >= 11 is 0. The van der Waals surface area contributed by atoms with Crippen LogP contribution < -0.4 is 20.9 Å². The molecule has 1 aromatic carbocycles. The molecule has 0 spiro atoms. The molecule has 8 nitrogen and oxygen atoms in total. The van der Waals surface area contributed by atoms with E-state index in [1.54, 1.807) is 29.6 Å². The molecule has 2 aromatic heterocycles. The van der Waals surface area contributed by atoms with Gasteiger partial charge in [0.05, 0.1) is 29.7 Å². The molecule has 2 unspecified atom stereocenters. The highest BCUT2D eigenvalue weighted by molar-refractivity contribution is 6.04. The Morgan fingerprint density at radius 3 is 2.71 bits per heavy atom. The van der Waals surface area contributed by atoms with Crippen LogP contribution in [0.4, 0.5) is 0 Å². The fourth-order valence-electron chi connectivity index (χ4n) is 6.03. The third-order valence-corrected chi connectivity index (χ3v) is 7.82. The number of rotatable bonds is 6. The molecule has 1 saturated heterocycles. The highest BCUT2D eigenvalue weighted by Gasteiger charge is 2.32. The number of benzene rings is 1. The van der Waals surface area contributed by atoms with Crippen molar-refractivity contribution in [2.75, 3.05) is 20.2 Å². The summed E-state index contributed by atoms with van der Waals surface area (Å²) < 4.78 is 8.72. The summed E-state index contributed by atoms with van der Waals surface area (Å²) in [5.41, 5.74) is 1.35. The summed E-state index contributed by atoms with van der Waals surface area (Å²) in [6.45, 7) is 2.12. The summed E-state index contributed by atoms with van der Waals surface area (Å²) in [4.78, 5) is 26.3. The summed E-state index contributed by atoms with van der Waals surface area (Å²) in [7, 11) is 3.38. The van der Waals surface area contributed by atoms with Crippen LogP contribution in [0, 0.1) is 11.8 Å². The molecule has 1 aliphatic carbocycles. The molecule has 3 aromatic rings. The number of carbonyl (C=O) groups is 1. The first kappa shape index (κ1) is 22.9. The molecule has 3 heterocycles. The number of nitrogens with zero attached hydrogens (tertiary/aromatic N) is 3. The molecule has 2 N–H and O–H groups in total. The van der Waals surface area contributed by atoms with Gasteiger partial charge in [-0.25, -0.2) is 0 Å². The number of piperidine rings is 1. The fraction of sp³-hybridized carbons (Fsp3) is 0.577. The molecule has 34 heavy (non-hydrogen) atoms. The van der Waals surface area contributed by atoms with Crippen LogP contribution in [-0.2, 0) is 18.4 Å². The number of fused-ring (bicyclic) bond motifs is 3. The molecule has 182 valence electrons. The van der Waals surface area contributed by atoms with Crippen molar-refractivity contribution in [3.8, 4) is 5.75 Å². The monoisotopic (exact) mass is 465 g/mol. The average molecular weight is 466 g/mol. The average Bonchev–Trinajstić information content (AvgIpc) is 3.30. The van der Waals surface area contributed by atoms with Crippen molar-refractivity contribution in [2.24, 2.45) is 18.9 Å². The predicted molar refractivity (Wildman–Crippen MR) is 133 cm³/mol. The Kier molecular flexibility index (Phi) is 6.59. The van der Waals surface area contributed by atoms with Crippen molar-refractivity contribution in [1.29, 1.82) is 0 Å². The van der Waals surface area contributed by atoms with E-state index in [1.165, 1.54) is 32.1 Å². The highest BCUT2D eigenvalue weighted by atomic mass is 16.5. The van der Waals surface area contributed by atoms with Crippen LogP contribution in [0.5, 0.6) is 5.75 Å². The predicted octanol–water partition coefficient (Wildman–Crippen LogP) is 2.96. The second-order valence-electron chi connectivity index (χ2n) is 9.91. The summed E-state index contributed by atoms with van der Waals surface area (Å²) in [6.07, 6.45) is 10.1. The van der Waals surface area contributed by atoms with Gasteiger partial charge < -0.3 is 19.9 Å². The number of pyridine rings is 1. The minimum absolute atomic E-state index is 0.0390. The van der Waals surface area contributed by atoms with Gasteiger partial charge in [0.15, 0.2) is 0 Å². The lowest BCUT2D eigenvalue weighted by Crippen LogP contribution is -2.51. The molecule has 1 aliphatic heterocycles. The van der Waals surface area contributed by atoms with Crippen LogP contribution in [-0.4, -0.2) is 46.5 Å². The molecule has 1 saturated carbocycles. The second kappa shape index (κ2) is 9.78. The number of methoxy groups -OCH3 is 1. The summed E-state index contributed by atoms with van der Waals surface area (Å²) in [5.74, 6) is 1.66. The molecule has 0 bridgehead atoms. The minimum atomic E-state index is -0.118. The lowest BCUT2D eigenvalue weighted by Gasteiger charge is -2.38. The zero-order valence-electron chi connectivity index (χ0n) is 20.2. The van der Waals surface area contributed by atoms with Gasteiger partial charge in [-0.2, -0.15) is 5.10 Å². The Morgan fingerprint density at radius 2 is 1.97 bits per heavy atom. The van der Waals surface area contributed by atoms with Gasteiger partial charge in [0.1, 0.15) is 12.3 Å². The maximum Gasteiger partial charge on any atom is 0.261 e. The Morgan fingerprint density at radius 1 is 1.18 bits per heavy atom. The third-order valence-electron chi connectivity index (χ3n) is 7.82. The summed E-state index contributed by atoms with van der Waals surface area (Å²) in [6, 6.07) is 5.81. The molecule has 8 heteroatoms. The molecule has 0 radical (unpaired) electrons. The third kappa shape index (κ3) is 4.31. The maximum absolute atomic E-state index is 13.4. The lowest BCUT2D eigenvalue weighted by atomic mass is 9.76. The number of ether oxygens (including phenoxy) is 1. The number of amides is 1. The fourth-order valence-corrected chi connectivity index (χ4v) is 6.03. The van der Waals surface area contributed by atoms with Gasteiger partial charge in [-0.15, -0.1) is 0 Å². The molecular weight excluding hydrogens is 430 g/mol. The quantitative estimate of drug-likeness (QED) is 0.584. The van der Waals surface area contributed by atoms with Crippen LogP contribution >= 0.6 is 0 Å². The zero-order valence-corrected chi connectivity index (χ0v) is 20.2. The first-order valence-electron chi connectivity index (χ1n) is 12.6. The van der Waals surface area contributed by atoms with Crippen LogP contribution in [0.1, 0.15) is 44.9 Å². The summed E-state index contributed by atoms with van der Waals surface area (Å²) in [5, 5.41) is 12.8. The number of hydrogen-bond acceptors (Lipinski definition) is 5. The van der Waals surface area contributed by atoms with Gasteiger partial charge in [0, 0.05) is 18.5 Å². The van der Waals surface area contributed by atoms with Crippen molar-refractivity contribution < 1.29 is 9.53 Å². The number of aryl methyl sites for hydroxylation is 1. The van der Waals surface area contributed by atoms with Crippen molar-refractivity contribution in [3.05, 3.63) is 34.7 Å². The lowest BCUT2D eigenvalue weighted by molar-refractivity contribution is -0.123. The number of carbonyl (C=O) groups excluding carboxylic acids is 1. The van der Waals surface area contributed by atoms with Gasteiger partial charge >= 0.3 is 0 Å². The van der Waals surface area contributed by atoms with E-state index in [1.807, 2.05) is 18.2 Å². The first-order valence-corrected chi connectivity index (χ1v) is 12.6. The highest BCUT2D eigenvalue weighted by Crippen LogP contribution is 2.32. The van der Waals surface area contributed by atoms with Crippen LogP contribution in [0.15, 0.2) is 29.2 Å². The van der Waals surface area contributed by atoms with E-state index in [0.717, 1.165) is 36.8 Å². The largest absolute Gasteiger partial charge is 0.497 e. The first-order chi connectivity index (χ1) is 16.6. The van der Waals surface area contributed by atoms with Gasteiger partial charge in [0.25, 0.3) is 5.56 Å². The molecule has 2 fully saturated rings. The normalized spacial score (nSPS) is 20.5. The number of hydrogen-bond donors (Lipinski definition) is 2. The molecule has 1 amide bonds.